The van der Waals surface area contributed by atoms with E-state index in [9.17, 15) is 9.59 Å². The minimum absolute atomic E-state index is 0.0578. The lowest BCUT2D eigenvalue weighted by Crippen LogP contribution is -2.54. The van der Waals surface area contributed by atoms with E-state index in [1.54, 1.807) is 0 Å². The second-order valence-electron chi connectivity index (χ2n) is 9.65. The molecule has 0 aliphatic heterocycles. The van der Waals surface area contributed by atoms with E-state index in [-0.39, 0.29) is 17.5 Å². The Kier molecular flexibility index (Phi) is 4.12. The van der Waals surface area contributed by atoms with Gasteiger partial charge in [-0.25, -0.2) is 4.79 Å². The van der Waals surface area contributed by atoms with Crippen LogP contribution < -0.4 is 0 Å². The first kappa shape index (κ1) is 17.3. The summed E-state index contributed by atoms with van der Waals surface area (Å²) in [5.41, 5.74) is 0.488. The Morgan fingerprint density at radius 1 is 1.08 bits per heavy atom. The summed E-state index contributed by atoms with van der Waals surface area (Å²) in [4.78, 5) is 23.7. The standard InChI is InChI=1S/C22H32O3/c1-4-20(24)25-19-8-7-17-16-6-5-14-13-15(23)9-11-21(14,2)18(16)10-12-22(17,19)3/h4,14,16-19H,1,5-13H2,2-3H3. The van der Waals surface area contributed by atoms with Gasteiger partial charge >= 0.3 is 5.97 Å². The molecule has 0 aromatic heterocycles. The van der Waals surface area contributed by atoms with Gasteiger partial charge in [-0.1, -0.05) is 20.4 Å². The van der Waals surface area contributed by atoms with Crippen LogP contribution in [0.2, 0.25) is 0 Å². The molecule has 0 aromatic carbocycles. The first-order chi connectivity index (χ1) is 11.9. The first-order valence-electron chi connectivity index (χ1n) is 10.2. The van der Waals surface area contributed by atoms with E-state index >= 15 is 0 Å². The molecule has 7 atom stereocenters. The zero-order valence-electron chi connectivity index (χ0n) is 15.8. The minimum Gasteiger partial charge on any atom is -0.459 e. The molecule has 0 N–H and O–H groups in total. The summed E-state index contributed by atoms with van der Waals surface area (Å²) >= 11 is 0. The van der Waals surface area contributed by atoms with Gasteiger partial charge in [0.15, 0.2) is 0 Å². The quantitative estimate of drug-likeness (QED) is 0.539. The molecule has 4 aliphatic rings. The van der Waals surface area contributed by atoms with E-state index < -0.39 is 0 Å². The Morgan fingerprint density at radius 3 is 2.60 bits per heavy atom. The zero-order chi connectivity index (χ0) is 17.8. The fourth-order valence-electron chi connectivity index (χ4n) is 7.38. The average Bonchev–Trinajstić information content (AvgIpc) is 2.92. The maximum Gasteiger partial charge on any atom is 0.330 e. The molecule has 138 valence electrons. The van der Waals surface area contributed by atoms with Gasteiger partial charge in [0, 0.05) is 24.3 Å². The predicted octanol–water partition coefficient (Wildman–Crippen LogP) is 4.70. The largest absolute Gasteiger partial charge is 0.459 e. The van der Waals surface area contributed by atoms with E-state index in [0.717, 1.165) is 43.9 Å². The van der Waals surface area contributed by atoms with E-state index in [0.29, 0.717) is 23.0 Å². The third kappa shape index (κ3) is 2.52. The number of hydrogen-bond acceptors (Lipinski definition) is 3. The number of hydrogen-bond donors (Lipinski definition) is 0. The lowest BCUT2D eigenvalue weighted by molar-refractivity contribution is -0.159. The number of carbonyl (C=O) groups is 2. The van der Waals surface area contributed by atoms with Crippen molar-refractivity contribution in [2.75, 3.05) is 0 Å². The third-order valence-corrected chi connectivity index (χ3v) is 8.82. The van der Waals surface area contributed by atoms with Gasteiger partial charge in [-0.05, 0) is 74.0 Å². The van der Waals surface area contributed by atoms with E-state index in [2.05, 4.69) is 20.4 Å². The van der Waals surface area contributed by atoms with Gasteiger partial charge in [0.1, 0.15) is 11.9 Å². The molecule has 0 amide bonds. The molecule has 3 nitrogen and oxygen atoms in total. The van der Waals surface area contributed by atoms with Crippen LogP contribution >= 0.6 is 0 Å². The first-order valence-corrected chi connectivity index (χ1v) is 10.2. The van der Waals surface area contributed by atoms with Gasteiger partial charge in [-0.3, -0.25) is 4.79 Å². The molecule has 4 fully saturated rings. The summed E-state index contributed by atoms with van der Waals surface area (Å²) in [6.45, 7) is 8.40. The maximum atomic E-state index is 12.0. The molecule has 7 unspecified atom stereocenters. The molecule has 0 radical (unpaired) electrons. The molecule has 4 aliphatic carbocycles. The molecule has 0 aromatic rings. The molecule has 0 spiro atoms. The number of ketones is 1. The van der Waals surface area contributed by atoms with Crippen LogP contribution in [-0.2, 0) is 14.3 Å². The molecule has 0 saturated heterocycles. The van der Waals surface area contributed by atoms with Crippen molar-refractivity contribution in [2.24, 2.45) is 34.5 Å². The number of esters is 1. The highest BCUT2D eigenvalue weighted by molar-refractivity contribution is 5.81. The minimum atomic E-state index is -0.268. The average molecular weight is 344 g/mol. The van der Waals surface area contributed by atoms with E-state index in [1.807, 2.05) is 0 Å². The lowest BCUT2D eigenvalue weighted by atomic mass is 9.45. The fourth-order valence-corrected chi connectivity index (χ4v) is 7.38. The number of fused-ring (bicyclic) bond motifs is 5. The predicted molar refractivity (Wildman–Crippen MR) is 96.8 cm³/mol. The normalized spacial score (nSPS) is 48.9. The van der Waals surface area contributed by atoms with Crippen LogP contribution in [0.25, 0.3) is 0 Å². The van der Waals surface area contributed by atoms with Crippen molar-refractivity contribution in [1.29, 1.82) is 0 Å². The molecule has 3 heteroatoms. The number of rotatable bonds is 2. The van der Waals surface area contributed by atoms with Crippen molar-refractivity contribution >= 4 is 11.8 Å². The second kappa shape index (κ2) is 5.96. The van der Waals surface area contributed by atoms with Crippen molar-refractivity contribution in [1.82, 2.24) is 0 Å². The molecular weight excluding hydrogens is 312 g/mol. The van der Waals surface area contributed by atoms with Crippen LogP contribution in [0.4, 0.5) is 0 Å². The van der Waals surface area contributed by atoms with Gasteiger partial charge in [-0.15, -0.1) is 0 Å². The highest BCUT2D eigenvalue weighted by Crippen LogP contribution is 2.66. The van der Waals surface area contributed by atoms with E-state index in [1.165, 1.54) is 31.8 Å². The highest BCUT2D eigenvalue weighted by Gasteiger charge is 2.61. The van der Waals surface area contributed by atoms with Crippen LogP contribution in [-0.4, -0.2) is 17.9 Å². The third-order valence-electron chi connectivity index (χ3n) is 8.82. The molecule has 4 saturated carbocycles. The van der Waals surface area contributed by atoms with Gasteiger partial charge < -0.3 is 4.74 Å². The summed E-state index contributed by atoms with van der Waals surface area (Å²) in [5, 5.41) is 0. The van der Waals surface area contributed by atoms with Crippen molar-refractivity contribution < 1.29 is 14.3 Å². The van der Waals surface area contributed by atoms with Crippen molar-refractivity contribution in [3.8, 4) is 0 Å². The van der Waals surface area contributed by atoms with Crippen LogP contribution in [0, 0.1) is 34.5 Å². The molecule has 4 rings (SSSR count). The van der Waals surface area contributed by atoms with E-state index in [4.69, 9.17) is 4.74 Å². The Labute approximate surface area is 151 Å². The van der Waals surface area contributed by atoms with Gasteiger partial charge in [0.25, 0.3) is 0 Å². The van der Waals surface area contributed by atoms with Crippen LogP contribution in [0.3, 0.4) is 0 Å². The summed E-state index contributed by atoms with van der Waals surface area (Å²) in [7, 11) is 0. The summed E-state index contributed by atoms with van der Waals surface area (Å²) < 4.78 is 5.76. The fraction of sp³-hybridized carbons (Fsp3) is 0.818. The SMILES string of the molecule is C=CC(=O)OC1CCC2C3CCC4CC(=O)CCC4(C)C3CCC12C. The van der Waals surface area contributed by atoms with Crippen molar-refractivity contribution in [3.63, 3.8) is 0 Å². The summed E-state index contributed by atoms with van der Waals surface area (Å²) in [5.74, 6) is 3.00. The number of ether oxygens (including phenoxy) is 1. The summed E-state index contributed by atoms with van der Waals surface area (Å²) in [6.07, 6.45) is 11.1. The Morgan fingerprint density at radius 2 is 1.84 bits per heavy atom. The van der Waals surface area contributed by atoms with Crippen molar-refractivity contribution in [2.45, 2.75) is 77.7 Å². The Balaban J connectivity index is 1.57. The van der Waals surface area contributed by atoms with Crippen LogP contribution in [0.5, 0.6) is 0 Å². The zero-order valence-corrected chi connectivity index (χ0v) is 15.8. The van der Waals surface area contributed by atoms with Gasteiger partial charge in [-0.2, -0.15) is 0 Å². The molecule has 0 heterocycles. The Hall–Kier alpha value is -1.12. The molecule has 0 bridgehead atoms. The Bertz CT molecular complexity index is 596. The smallest absolute Gasteiger partial charge is 0.330 e. The maximum absolute atomic E-state index is 12.0. The van der Waals surface area contributed by atoms with Crippen LogP contribution in [0.15, 0.2) is 12.7 Å². The molecule has 25 heavy (non-hydrogen) atoms. The molecular formula is C22H32O3. The van der Waals surface area contributed by atoms with Crippen molar-refractivity contribution in [3.05, 3.63) is 12.7 Å². The van der Waals surface area contributed by atoms with Crippen LogP contribution in [0.1, 0.15) is 71.6 Å². The lowest BCUT2D eigenvalue weighted by Gasteiger charge is -2.60. The second-order valence-corrected chi connectivity index (χ2v) is 9.65. The topological polar surface area (TPSA) is 43.4 Å². The monoisotopic (exact) mass is 344 g/mol. The highest BCUT2D eigenvalue weighted by atomic mass is 16.5. The van der Waals surface area contributed by atoms with Gasteiger partial charge in [0.05, 0.1) is 0 Å². The number of carbonyl (C=O) groups excluding carboxylic acids is 2. The van der Waals surface area contributed by atoms with Gasteiger partial charge in [0.2, 0.25) is 0 Å². The summed E-state index contributed by atoms with van der Waals surface area (Å²) in [6, 6.07) is 0. The number of Topliss-reactive ketones (excluding diaryl/α,β-unsaturated/α-hetero) is 1.